The highest BCUT2D eigenvalue weighted by molar-refractivity contribution is 6.31. The number of carbonyl (C=O) groups excluding carboxylic acids is 1. The molecule has 4 nitrogen and oxygen atoms in total. The lowest BCUT2D eigenvalue weighted by molar-refractivity contribution is -0.117. The summed E-state index contributed by atoms with van der Waals surface area (Å²) in [5, 5.41) is 3.72. The summed E-state index contributed by atoms with van der Waals surface area (Å²) in [4.78, 5) is 17.0. The number of nitrogens with zero attached hydrogens (tertiary/aromatic N) is 1. The Labute approximate surface area is 151 Å². The zero-order valence-electron chi connectivity index (χ0n) is 14.1. The van der Waals surface area contributed by atoms with Crippen molar-refractivity contribution < 1.29 is 9.21 Å². The van der Waals surface area contributed by atoms with Crippen molar-refractivity contribution in [3.8, 4) is 0 Å². The number of carbonyl (C=O) groups is 1. The number of anilines is 1. The minimum Gasteiger partial charge on any atom is -0.440 e. The molecule has 0 radical (unpaired) electrons. The van der Waals surface area contributed by atoms with Crippen molar-refractivity contribution in [3.05, 3.63) is 58.9 Å². The Kier molecular flexibility index (Phi) is 4.00. The molecule has 0 spiro atoms. The molecular weight excluding hydrogens is 336 g/mol. The minimum atomic E-state index is -0.0286. The Balaban J connectivity index is 1.48. The number of fused-ring (bicyclic) bond motifs is 1. The summed E-state index contributed by atoms with van der Waals surface area (Å²) in [7, 11) is 0. The van der Waals surface area contributed by atoms with E-state index in [-0.39, 0.29) is 23.7 Å². The van der Waals surface area contributed by atoms with Gasteiger partial charge in [0.25, 0.3) is 0 Å². The van der Waals surface area contributed by atoms with Gasteiger partial charge in [-0.15, -0.1) is 0 Å². The third-order valence-corrected chi connectivity index (χ3v) is 4.94. The molecule has 1 heterocycles. The summed E-state index contributed by atoms with van der Waals surface area (Å²) >= 11 is 6.23. The third kappa shape index (κ3) is 3.14. The molecular formula is C20H19ClN2O2. The molecule has 5 heteroatoms. The summed E-state index contributed by atoms with van der Waals surface area (Å²) < 4.78 is 5.70. The third-order valence-electron chi connectivity index (χ3n) is 4.60. The maximum absolute atomic E-state index is 12.5. The number of oxazole rings is 1. The Morgan fingerprint density at radius 1 is 1.28 bits per heavy atom. The number of amides is 1. The highest BCUT2D eigenvalue weighted by Crippen LogP contribution is 2.50. The lowest BCUT2D eigenvalue weighted by atomic mass is 10.1. The second kappa shape index (κ2) is 6.19. The van der Waals surface area contributed by atoms with Crippen molar-refractivity contribution in [2.24, 2.45) is 5.92 Å². The van der Waals surface area contributed by atoms with Crippen molar-refractivity contribution >= 4 is 34.3 Å². The summed E-state index contributed by atoms with van der Waals surface area (Å²) in [6.45, 7) is 4.07. The summed E-state index contributed by atoms with van der Waals surface area (Å²) in [6.07, 6.45) is 0.833. The van der Waals surface area contributed by atoms with Gasteiger partial charge in [-0.1, -0.05) is 43.6 Å². The van der Waals surface area contributed by atoms with E-state index in [0.717, 1.165) is 33.8 Å². The van der Waals surface area contributed by atoms with Crippen LogP contribution in [0.2, 0.25) is 5.02 Å². The van der Waals surface area contributed by atoms with E-state index in [4.69, 9.17) is 16.0 Å². The predicted octanol–water partition coefficient (Wildman–Crippen LogP) is 5.35. The van der Waals surface area contributed by atoms with E-state index in [9.17, 15) is 4.79 Å². The van der Waals surface area contributed by atoms with Gasteiger partial charge in [0.2, 0.25) is 5.91 Å². The molecule has 4 rings (SSSR count). The van der Waals surface area contributed by atoms with Gasteiger partial charge in [0.05, 0.1) is 0 Å². The van der Waals surface area contributed by atoms with Crippen molar-refractivity contribution in [2.45, 2.75) is 32.1 Å². The molecule has 1 saturated carbocycles. The van der Waals surface area contributed by atoms with Crippen LogP contribution >= 0.6 is 11.6 Å². The fourth-order valence-electron chi connectivity index (χ4n) is 3.11. The van der Waals surface area contributed by atoms with Crippen LogP contribution < -0.4 is 5.32 Å². The molecule has 128 valence electrons. The molecule has 25 heavy (non-hydrogen) atoms. The zero-order valence-corrected chi connectivity index (χ0v) is 14.9. The average Bonchev–Trinajstić information content (AvgIpc) is 3.26. The second-order valence-electron chi connectivity index (χ2n) is 6.85. The van der Waals surface area contributed by atoms with Crippen LogP contribution in [0.1, 0.15) is 43.6 Å². The van der Waals surface area contributed by atoms with E-state index in [1.54, 1.807) is 0 Å². The van der Waals surface area contributed by atoms with Gasteiger partial charge in [-0.05, 0) is 42.2 Å². The maximum Gasteiger partial charge on any atom is 0.228 e. The highest BCUT2D eigenvalue weighted by atomic mass is 35.5. The largest absolute Gasteiger partial charge is 0.440 e. The molecule has 1 aromatic heterocycles. The number of aromatic nitrogens is 1. The molecule has 0 saturated heterocycles. The van der Waals surface area contributed by atoms with E-state index in [2.05, 4.69) is 10.3 Å². The van der Waals surface area contributed by atoms with E-state index in [0.29, 0.717) is 5.89 Å². The van der Waals surface area contributed by atoms with Gasteiger partial charge in [-0.25, -0.2) is 4.98 Å². The van der Waals surface area contributed by atoms with Gasteiger partial charge in [-0.3, -0.25) is 4.79 Å². The first-order valence-corrected chi connectivity index (χ1v) is 8.86. The highest BCUT2D eigenvalue weighted by Gasteiger charge is 2.44. The first-order chi connectivity index (χ1) is 12.0. The number of hydrogen-bond acceptors (Lipinski definition) is 3. The van der Waals surface area contributed by atoms with Gasteiger partial charge in [0.15, 0.2) is 11.5 Å². The molecule has 2 atom stereocenters. The molecule has 3 aromatic rings. The minimum absolute atomic E-state index is 0.0249. The number of halogens is 1. The number of nitrogens with one attached hydrogen (secondary N) is 1. The first-order valence-electron chi connectivity index (χ1n) is 8.48. The number of hydrogen-bond donors (Lipinski definition) is 1. The molecule has 1 N–H and O–H groups in total. The van der Waals surface area contributed by atoms with E-state index < -0.39 is 0 Å². The molecule has 1 amide bonds. The van der Waals surface area contributed by atoms with Crippen LogP contribution in [0.15, 0.2) is 46.9 Å². The van der Waals surface area contributed by atoms with Gasteiger partial charge in [-0.2, -0.15) is 0 Å². The van der Waals surface area contributed by atoms with Crippen LogP contribution in [-0.2, 0) is 4.79 Å². The van der Waals surface area contributed by atoms with Crippen molar-refractivity contribution in [1.29, 1.82) is 0 Å². The van der Waals surface area contributed by atoms with Crippen LogP contribution in [0.25, 0.3) is 11.1 Å². The van der Waals surface area contributed by atoms with E-state index in [1.165, 1.54) is 0 Å². The van der Waals surface area contributed by atoms with Crippen LogP contribution in [-0.4, -0.2) is 10.9 Å². The Morgan fingerprint density at radius 3 is 2.84 bits per heavy atom. The van der Waals surface area contributed by atoms with Gasteiger partial charge < -0.3 is 9.73 Å². The number of benzene rings is 2. The smallest absolute Gasteiger partial charge is 0.228 e. The first kappa shape index (κ1) is 16.2. The van der Waals surface area contributed by atoms with Gasteiger partial charge >= 0.3 is 0 Å². The molecule has 0 bridgehead atoms. The van der Waals surface area contributed by atoms with E-state index >= 15 is 0 Å². The summed E-state index contributed by atoms with van der Waals surface area (Å²) in [5.74, 6) is 1.14. The summed E-state index contributed by atoms with van der Waals surface area (Å²) in [6, 6.07) is 13.3. The Morgan fingerprint density at radius 2 is 2.08 bits per heavy atom. The average molecular weight is 355 g/mol. The van der Waals surface area contributed by atoms with Gasteiger partial charge in [0.1, 0.15) is 5.52 Å². The lowest BCUT2D eigenvalue weighted by Gasteiger charge is -2.06. The molecule has 0 aliphatic heterocycles. The normalized spacial score (nSPS) is 19.4. The maximum atomic E-state index is 12.5. The van der Waals surface area contributed by atoms with Crippen LogP contribution in [0.5, 0.6) is 0 Å². The van der Waals surface area contributed by atoms with Crippen molar-refractivity contribution in [3.63, 3.8) is 0 Å². The predicted molar refractivity (Wildman–Crippen MR) is 99.0 cm³/mol. The lowest BCUT2D eigenvalue weighted by Crippen LogP contribution is -2.14. The summed E-state index contributed by atoms with van der Waals surface area (Å²) in [5.41, 5.74) is 3.30. The van der Waals surface area contributed by atoms with E-state index in [1.807, 2.05) is 56.3 Å². The number of rotatable bonds is 4. The molecule has 1 aliphatic carbocycles. The van der Waals surface area contributed by atoms with Crippen LogP contribution in [0.4, 0.5) is 5.69 Å². The SMILES string of the molecule is CC(C)c1nc2cc(NC(=O)C3CC3c3ccccc3Cl)ccc2o1. The Bertz CT molecular complexity index is 948. The quantitative estimate of drug-likeness (QED) is 0.687. The van der Waals surface area contributed by atoms with Crippen molar-refractivity contribution in [1.82, 2.24) is 4.98 Å². The fraction of sp³-hybridized carbons (Fsp3) is 0.300. The second-order valence-corrected chi connectivity index (χ2v) is 7.26. The molecule has 2 unspecified atom stereocenters. The molecule has 2 aromatic carbocycles. The van der Waals surface area contributed by atoms with Gasteiger partial charge in [0, 0.05) is 22.5 Å². The van der Waals surface area contributed by atoms with Crippen molar-refractivity contribution in [2.75, 3.05) is 5.32 Å². The zero-order chi connectivity index (χ0) is 17.6. The molecule has 1 aliphatic rings. The topological polar surface area (TPSA) is 55.1 Å². The fourth-order valence-corrected chi connectivity index (χ4v) is 3.39. The standard InChI is InChI=1S/C20H19ClN2O2/c1-11(2)20-23-17-9-12(7-8-18(17)25-20)22-19(24)15-10-14(15)13-5-3-4-6-16(13)21/h3-9,11,14-15H,10H2,1-2H3,(H,22,24). The van der Waals surface area contributed by atoms with Crippen LogP contribution in [0, 0.1) is 5.92 Å². The monoisotopic (exact) mass is 354 g/mol. The Hall–Kier alpha value is -2.33. The van der Waals surface area contributed by atoms with Crippen LogP contribution in [0.3, 0.4) is 0 Å². The molecule has 1 fully saturated rings.